The van der Waals surface area contributed by atoms with Crippen molar-refractivity contribution in [1.29, 1.82) is 0 Å². The highest BCUT2D eigenvalue weighted by Crippen LogP contribution is 2.30. The molecule has 2 aliphatic heterocycles. The average Bonchev–Trinajstić information content (AvgIpc) is 2.77. The molecule has 0 aliphatic carbocycles. The van der Waals surface area contributed by atoms with Crippen LogP contribution in [0.1, 0.15) is 58.8 Å². The molecule has 2 aliphatic rings. The van der Waals surface area contributed by atoms with E-state index in [1.165, 1.54) is 25.7 Å². The van der Waals surface area contributed by atoms with Gasteiger partial charge < -0.3 is 10.2 Å². The van der Waals surface area contributed by atoms with Gasteiger partial charge in [0.05, 0.1) is 0 Å². The molecule has 112 valence electrons. The van der Waals surface area contributed by atoms with Gasteiger partial charge in [0.2, 0.25) is 5.91 Å². The first-order chi connectivity index (χ1) is 8.57. The largest absolute Gasteiger partial charge is 0.343 e. The summed E-state index contributed by atoms with van der Waals surface area (Å²) in [7, 11) is 0. The van der Waals surface area contributed by atoms with Gasteiger partial charge in [0.15, 0.2) is 0 Å². The summed E-state index contributed by atoms with van der Waals surface area (Å²) in [6.07, 6.45) is 7.86. The molecule has 0 aromatic carbocycles. The van der Waals surface area contributed by atoms with Crippen LogP contribution in [0.3, 0.4) is 0 Å². The topological polar surface area (TPSA) is 32.3 Å². The summed E-state index contributed by atoms with van der Waals surface area (Å²) in [5, 5.41) is 3.47. The summed E-state index contributed by atoms with van der Waals surface area (Å²) in [6.45, 7) is 7.72. The average molecular weight is 289 g/mol. The third-order valence-electron chi connectivity index (χ3n) is 4.56. The van der Waals surface area contributed by atoms with E-state index < -0.39 is 0 Å². The number of nitrogens with zero attached hydrogens (tertiary/aromatic N) is 1. The molecule has 0 aromatic heterocycles. The minimum Gasteiger partial charge on any atom is -0.343 e. The van der Waals surface area contributed by atoms with Gasteiger partial charge in [0, 0.05) is 25.6 Å². The van der Waals surface area contributed by atoms with Crippen LogP contribution >= 0.6 is 12.4 Å². The van der Waals surface area contributed by atoms with E-state index in [9.17, 15) is 4.79 Å². The lowest BCUT2D eigenvalue weighted by Gasteiger charge is -2.23. The summed E-state index contributed by atoms with van der Waals surface area (Å²) in [5.41, 5.74) is 0.419. The van der Waals surface area contributed by atoms with Crippen LogP contribution in [-0.4, -0.2) is 36.5 Å². The van der Waals surface area contributed by atoms with E-state index >= 15 is 0 Å². The molecule has 0 saturated carbocycles. The van der Waals surface area contributed by atoms with Crippen molar-refractivity contribution in [1.82, 2.24) is 10.2 Å². The van der Waals surface area contributed by atoms with Gasteiger partial charge in [0.1, 0.15) is 0 Å². The molecular weight excluding hydrogens is 260 g/mol. The second-order valence-corrected chi connectivity index (χ2v) is 6.73. The number of halogens is 1. The molecule has 1 atom stereocenters. The van der Waals surface area contributed by atoms with E-state index in [2.05, 4.69) is 24.1 Å². The van der Waals surface area contributed by atoms with E-state index in [4.69, 9.17) is 0 Å². The van der Waals surface area contributed by atoms with Gasteiger partial charge >= 0.3 is 0 Å². The van der Waals surface area contributed by atoms with Crippen LogP contribution in [0.15, 0.2) is 0 Å². The van der Waals surface area contributed by atoms with Crippen LogP contribution in [0.25, 0.3) is 0 Å². The van der Waals surface area contributed by atoms with Gasteiger partial charge in [0.25, 0.3) is 0 Å². The fourth-order valence-electron chi connectivity index (χ4n) is 3.13. The number of hydrogen-bond acceptors (Lipinski definition) is 2. The summed E-state index contributed by atoms with van der Waals surface area (Å²) in [6, 6.07) is 0.595. The van der Waals surface area contributed by atoms with Crippen molar-refractivity contribution in [3.05, 3.63) is 0 Å². The first kappa shape index (κ1) is 16.8. The van der Waals surface area contributed by atoms with Gasteiger partial charge in [-0.2, -0.15) is 0 Å². The smallest absolute Gasteiger partial charge is 0.222 e. The van der Waals surface area contributed by atoms with Crippen molar-refractivity contribution in [2.75, 3.05) is 19.6 Å². The number of carbonyl (C=O) groups excluding carboxylic acids is 1. The van der Waals surface area contributed by atoms with E-state index in [1.54, 1.807) is 0 Å². The summed E-state index contributed by atoms with van der Waals surface area (Å²) in [4.78, 5) is 14.3. The molecule has 0 bridgehead atoms. The number of rotatable bonds is 3. The van der Waals surface area contributed by atoms with Crippen molar-refractivity contribution >= 4 is 18.3 Å². The molecule has 1 unspecified atom stereocenters. The van der Waals surface area contributed by atoms with Gasteiger partial charge in [-0.15, -0.1) is 12.4 Å². The Kier molecular flexibility index (Phi) is 6.61. The second kappa shape index (κ2) is 7.49. The normalized spacial score (nSPS) is 26.6. The van der Waals surface area contributed by atoms with Gasteiger partial charge in [-0.3, -0.25) is 4.79 Å². The molecule has 2 heterocycles. The highest BCUT2D eigenvalue weighted by molar-refractivity contribution is 5.85. The van der Waals surface area contributed by atoms with Crippen LogP contribution < -0.4 is 5.32 Å². The SMILES string of the molecule is CC1(C)CCCN(C(=O)CCC2CCCN2)CC1.Cl. The van der Waals surface area contributed by atoms with Crippen molar-refractivity contribution in [2.45, 2.75) is 64.8 Å². The number of likely N-dealkylation sites (tertiary alicyclic amines) is 1. The number of carbonyl (C=O) groups is 1. The molecule has 1 amide bonds. The van der Waals surface area contributed by atoms with Crippen LogP contribution in [-0.2, 0) is 4.79 Å². The lowest BCUT2D eigenvalue weighted by Crippen LogP contribution is -2.33. The fraction of sp³-hybridized carbons (Fsp3) is 0.933. The standard InChI is InChI=1S/C15H28N2O.ClH/c1-15(2)8-4-11-17(12-9-15)14(18)7-6-13-5-3-10-16-13;/h13,16H,3-12H2,1-2H3;1H. The van der Waals surface area contributed by atoms with Crippen molar-refractivity contribution in [2.24, 2.45) is 5.41 Å². The molecule has 0 radical (unpaired) electrons. The maximum Gasteiger partial charge on any atom is 0.222 e. The zero-order valence-corrected chi connectivity index (χ0v) is 13.2. The maximum atomic E-state index is 12.2. The zero-order valence-electron chi connectivity index (χ0n) is 12.4. The second-order valence-electron chi connectivity index (χ2n) is 6.73. The van der Waals surface area contributed by atoms with Crippen molar-refractivity contribution in [3.8, 4) is 0 Å². The van der Waals surface area contributed by atoms with Crippen LogP contribution in [0.4, 0.5) is 0 Å². The molecule has 19 heavy (non-hydrogen) atoms. The molecule has 2 fully saturated rings. The molecule has 1 N–H and O–H groups in total. The first-order valence-corrected chi connectivity index (χ1v) is 7.58. The predicted octanol–water partition coefficient (Wildman–Crippen LogP) is 2.98. The van der Waals surface area contributed by atoms with Crippen molar-refractivity contribution < 1.29 is 4.79 Å². The summed E-state index contributed by atoms with van der Waals surface area (Å²) < 4.78 is 0. The molecule has 3 nitrogen and oxygen atoms in total. The highest BCUT2D eigenvalue weighted by atomic mass is 35.5. The summed E-state index contributed by atoms with van der Waals surface area (Å²) >= 11 is 0. The van der Waals surface area contributed by atoms with Gasteiger partial charge in [-0.1, -0.05) is 13.8 Å². The lowest BCUT2D eigenvalue weighted by atomic mass is 9.85. The third-order valence-corrected chi connectivity index (χ3v) is 4.56. The Morgan fingerprint density at radius 1 is 1.26 bits per heavy atom. The van der Waals surface area contributed by atoms with E-state index in [0.717, 1.165) is 38.9 Å². The number of hydrogen-bond donors (Lipinski definition) is 1. The predicted molar refractivity (Wildman–Crippen MR) is 81.7 cm³/mol. The Morgan fingerprint density at radius 2 is 2.05 bits per heavy atom. The molecule has 0 aromatic rings. The molecule has 2 saturated heterocycles. The minimum absolute atomic E-state index is 0. The Bertz CT molecular complexity index is 288. The van der Waals surface area contributed by atoms with E-state index in [-0.39, 0.29) is 12.4 Å². The van der Waals surface area contributed by atoms with Crippen LogP contribution in [0.5, 0.6) is 0 Å². The Hall–Kier alpha value is -0.280. The molecular formula is C15H29ClN2O. The minimum atomic E-state index is 0. The van der Waals surface area contributed by atoms with Crippen molar-refractivity contribution in [3.63, 3.8) is 0 Å². The molecule has 0 spiro atoms. The zero-order chi connectivity index (χ0) is 13.0. The molecule has 2 rings (SSSR count). The highest BCUT2D eigenvalue weighted by Gasteiger charge is 2.25. The van der Waals surface area contributed by atoms with E-state index in [0.29, 0.717) is 17.4 Å². The quantitative estimate of drug-likeness (QED) is 0.866. The van der Waals surface area contributed by atoms with Gasteiger partial charge in [-0.05, 0) is 50.5 Å². The van der Waals surface area contributed by atoms with E-state index in [1.807, 2.05) is 0 Å². The summed E-state index contributed by atoms with van der Waals surface area (Å²) in [5.74, 6) is 0.376. The Balaban J connectivity index is 0.00000180. The number of amides is 1. The number of nitrogens with one attached hydrogen (secondary N) is 1. The van der Waals surface area contributed by atoms with Crippen LogP contribution in [0, 0.1) is 5.41 Å². The lowest BCUT2D eigenvalue weighted by molar-refractivity contribution is -0.131. The maximum absolute atomic E-state index is 12.2. The van der Waals surface area contributed by atoms with Gasteiger partial charge in [-0.25, -0.2) is 0 Å². The Morgan fingerprint density at radius 3 is 2.74 bits per heavy atom. The fourth-order valence-corrected chi connectivity index (χ4v) is 3.13. The molecule has 4 heteroatoms. The first-order valence-electron chi connectivity index (χ1n) is 7.58. The Labute approximate surface area is 123 Å². The van der Waals surface area contributed by atoms with Crippen LogP contribution in [0.2, 0.25) is 0 Å². The third kappa shape index (κ3) is 5.31. The monoisotopic (exact) mass is 288 g/mol.